The van der Waals surface area contributed by atoms with Crippen LogP contribution in [0.3, 0.4) is 0 Å². The summed E-state index contributed by atoms with van der Waals surface area (Å²) in [5, 5.41) is 15.8. The maximum Gasteiger partial charge on any atom is 0.303 e. The van der Waals surface area contributed by atoms with E-state index in [1.165, 1.54) is 11.1 Å². The van der Waals surface area contributed by atoms with Crippen LogP contribution in [-0.2, 0) is 9.59 Å². The highest BCUT2D eigenvalue weighted by Gasteiger charge is 2.00. The summed E-state index contributed by atoms with van der Waals surface area (Å²) < 4.78 is 0. The molecule has 0 heterocycles. The van der Waals surface area contributed by atoms with Crippen molar-refractivity contribution >= 4 is 11.9 Å². The molecule has 0 aromatic heterocycles. The van der Waals surface area contributed by atoms with Crippen molar-refractivity contribution < 1.29 is 19.8 Å². The third-order valence-electron chi connectivity index (χ3n) is 2.43. The second kappa shape index (κ2) is 12.1. The normalized spacial score (nSPS) is 8.64. The Morgan fingerprint density at radius 2 is 0.955 bits per heavy atom. The number of aliphatic carboxylic acids is 2. The van der Waals surface area contributed by atoms with Gasteiger partial charge in [-0.25, -0.2) is 0 Å². The van der Waals surface area contributed by atoms with Crippen LogP contribution in [0.25, 0.3) is 0 Å². The molecule has 0 atom stereocenters. The third-order valence-corrected chi connectivity index (χ3v) is 2.43. The fourth-order valence-electron chi connectivity index (χ4n) is 1.28. The Morgan fingerprint density at radius 3 is 1.09 bits per heavy atom. The lowest BCUT2D eigenvalue weighted by Crippen LogP contribution is -2.00. The molecule has 4 nitrogen and oxygen atoms in total. The fourth-order valence-corrected chi connectivity index (χ4v) is 1.28. The molecule has 0 fully saturated rings. The Morgan fingerprint density at radius 1 is 0.682 bits per heavy atom. The quantitative estimate of drug-likeness (QED) is 0.901. The first kappa shape index (κ1) is 19.4. The highest BCUT2D eigenvalue weighted by Crippen LogP contribution is 1.92. The van der Waals surface area contributed by atoms with Crippen LogP contribution in [0.15, 0.2) is 60.7 Å². The van der Waals surface area contributed by atoms with E-state index in [9.17, 15) is 9.59 Å². The summed E-state index contributed by atoms with van der Waals surface area (Å²) in [5.41, 5.74) is 2.64. The summed E-state index contributed by atoms with van der Waals surface area (Å²) in [6.45, 7) is 4.17. The van der Waals surface area contributed by atoms with Crippen LogP contribution in [0.1, 0.15) is 24.0 Å². The zero-order chi connectivity index (χ0) is 16.8. The number of benzene rings is 2. The van der Waals surface area contributed by atoms with Gasteiger partial charge >= 0.3 is 11.9 Å². The molecule has 0 bridgehead atoms. The van der Waals surface area contributed by atoms with E-state index in [1.54, 1.807) is 0 Å². The predicted octanol–water partition coefficient (Wildman–Crippen LogP) is 3.93. The van der Waals surface area contributed by atoms with E-state index in [4.69, 9.17) is 10.2 Å². The van der Waals surface area contributed by atoms with Crippen molar-refractivity contribution in [2.45, 2.75) is 26.7 Å². The zero-order valence-corrected chi connectivity index (χ0v) is 12.9. The van der Waals surface area contributed by atoms with Crippen LogP contribution >= 0.6 is 0 Å². The van der Waals surface area contributed by atoms with Gasteiger partial charge in [0.1, 0.15) is 0 Å². The summed E-state index contributed by atoms with van der Waals surface area (Å²) >= 11 is 0. The summed E-state index contributed by atoms with van der Waals surface area (Å²) in [7, 11) is 0. The number of aryl methyl sites for hydroxylation is 2. The largest absolute Gasteiger partial charge is 0.481 e. The highest BCUT2D eigenvalue weighted by atomic mass is 16.4. The second-order valence-electron chi connectivity index (χ2n) is 4.60. The van der Waals surface area contributed by atoms with E-state index in [0.29, 0.717) is 0 Å². The zero-order valence-electron chi connectivity index (χ0n) is 12.9. The first-order chi connectivity index (χ1) is 10.4. The SMILES string of the molecule is Cc1ccccc1.Cc1ccccc1.O=C(O)CCC(=O)O. The van der Waals surface area contributed by atoms with E-state index < -0.39 is 11.9 Å². The van der Waals surface area contributed by atoms with Crippen molar-refractivity contribution in [3.8, 4) is 0 Å². The van der Waals surface area contributed by atoms with Crippen LogP contribution in [0.5, 0.6) is 0 Å². The summed E-state index contributed by atoms with van der Waals surface area (Å²) in [5.74, 6) is -2.15. The van der Waals surface area contributed by atoms with Gasteiger partial charge in [0.2, 0.25) is 0 Å². The van der Waals surface area contributed by atoms with Crippen molar-refractivity contribution in [2.75, 3.05) is 0 Å². The van der Waals surface area contributed by atoms with Gasteiger partial charge in [-0.05, 0) is 13.8 Å². The van der Waals surface area contributed by atoms with E-state index in [-0.39, 0.29) is 12.8 Å². The van der Waals surface area contributed by atoms with Crippen LogP contribution < -0.4 is 0 Å². The van der Waals surface area contributed by atoms with Gasteiger partial charge in [-0.15, -0.1) is 0 Å². The molecule has 22 heavy (non-hydrogen) atoms. The minimum atomic E-state index is -1.08. The van der Waals surface area contributed by atoms with Crippen LogP contribution in [0.2, 0.25) is 0 Å². The molecule has 118 valence electrons. The predicted molar refractivity (Wildman–Crippen MR) is 86.9 cm³/mol. The standard InChI is InChI=1S/2C7H8.C4H6O4/c2*1-7-5-3-2-4-6-7;5-3(6)1-2-4(7)8/h2*2-6H,1H3;1-2H2,(H,5,6)(H,7,8). The molecule has 0 radical (unpaired) electrons. The van der Waals surface area contributed by atoms with Gasteiger partial charge in [-0.3, -0.25) is 9.59 Å². The highest BCUT2D eigenvalue weighted by molar-refractivity contribution is 5.75. The average molecular weight is 302 g/mol. The minimum Gasteiger partial charge on any atom is -0.481 e. The fraction of sp³-hybridized carbons (Fsp3) is 0.222. The van der Waals surface area contributed by atoms with Gasteiger partial charge in [0.15, 0.2) is 0 Å². The molecular formula is C18H22O4. The number of carbonyl (C=O) groups is 2. The lowest BCUT2D eigenvalue weighted by atomic mass is 10.2. The van der Waals surface area contributed by atoms with Crippen molar-refractivity contribution in [2.24, 2.45) is 0 Å². The topological polar surface area (TPSA) is 74.6 Å². The number of carboxylic acid groups (broad SMARTS) is 2. The summed E-state index contributed by atoms with van der Waals surface area (Å²) in [6.07, 6.45) is -0.593. The van der Waals surface area contributed by atoms with Crippen LogP contribution in [0, 0.1) is 13.8 Å². The van der Waals surface area contributed by atoms with Gasteiger partial charge in [0.25, 0.3) is 0 Å². The third kappa shape index (κ3) is 13.8. The second-order valence-corrected chi connectivity index (χ2v) is 4.60. The van der Waals surface area contributed by atoms with Crippen LogP contribution in [-0.4, -0.2) is 22.2 Å². The van der Waals surface area contributed by atoms with Gasteiger partial charge in [0.05, 0.1) is 12.8 Å². The lowest BCUT2D eigenvalue weighted by molar-refractivity contribution is -0.143. The number of rotatable bonds is 3. The Labute approximate surface area is 131 Å². The van der Waals surface area contributed by atoms with Gasteiger partial charge < -0.3 is 10.2 Å². The van der Waals surface area contributed by atoms with Crippen molar-refractivity contribution in [3.63, 3.8) is 0 Å². The molecule has 0 aliphatic carbocycles. The van der Waals surface area contributed by atoms with E-state index >= 15 is 0 Å². The van der Waals surface area contributed by atoms with E-state index in [0.717, 1.165) is 0 Å². The Balaban J connectivity index is 0.000000301. The molecule has 0 aliphatic heterocycles. The molecule has 0 saturated carbocycles. The van der Waals surface area contributed by atoms with Crippen molar-refractivity contribution in [1.29, 1.82) is 0 Å². The molecule has 0 spiro atoms. The monoisotopic (exact) mass is 302 g/mol. The molecule has 2 aromatic rings. The van der Waals surface area contributed by atoms with E-state index in [1.807, 2.05) is 36.4 Å². The van der Waals surface area contributed by atoms with Gasteiger partial charge in [0, 0.05) is 0 Å². The van der Waals surface area contributed by atoms with Gasteiger partial charge in [-0.2, -0.15) is 0 Å². The smallest absolute Gasteiger partial charge is 0.303 e. The maximum absolute atomic E-state index is 9.64. The van der Waals surface area contributed by atoms with Gasteiger partial charge in [-0.1, -0.05) is 71.8 Å². The molecule has 2 aromatic carbocycles. The molecule has 4 heteroatoms. The minimum absolute atomic E-state index is 0.296. The number of carboxylic acids is 2. The average Bonchev–Trinajstić information content (AvgIpc) is 2.48. The lowest BCUT2D eigenvalue weighted by Gasteiger charge is -1.85. The van der Waals surface area contributed by atoms with Crippen molar-refractivity contribution in [3.05, 3.63) is 71.8 Å². The first-order valence-corrected chi connectivity index (χ1v) is 6.88. The summed E-state index contributed by atoms with van der Waals surface area (Å²) in [4.78, 5) is 19.3. The van der Waals surface area contributed by atoms with Crippen molar-refractivity contribution in [1.82, 2.24) is 0 Å². The molecule has 0 aliphatic rings. The molecule has 2 rings (SSSR count). The first-order valence-electron chi connectivity index (χ1n) is 6.88. The molecule has 0 unspecified atom stereocenters. The Kier molecular flexibility index (Phi) is 10.7. The number of hydrogen-bond acceptors (Lipinski definition) is 2. The Hall–Kier alpha value is -2.62. The number of hydrogen-bond donors (Lipinski definition) is 2. The Bertz CT molecular complexity index is 484. The molecule has 0 amide bonds. The molecule has 2 N–H and O–H groups in total. The van der Waals surface area contributed by atoms with Crippen LogP contribution in [0.4, 0.5) is 0 Å². The summed E-state index contributed by atoms with van der Waals surface area (Å²) in [6, 6.07) is 20.5. The maximum atomic E-state index is 9.64. The van der Waals surface area contributed by atoms with E-state index in [2.05, 4.69) is 38.1 Å². The molecular weight excluding hydrogens is 280 g/mol. The molecule has 0 saturated heterocycles.